The lowest BCUT2D eigenvalue weighted by Gasteiger charge is -2.36. The van der Waals surface area contributed by atoms with Crippen LogP contribution in [0.2, 0.25) is 0 Å². The molecule has 0 bridgehead atoms. The largest absolute Gasteiger partial charge is 0.462 e. The van der Waals surface area contributed by atoms with E-state index in [9.17, 15) is 47.9 Å². The van der Waals surface area contributed by atoms with Gasteiger partial charge in [0.1, 0.15) is 71.7 Å². The maximum Gasteiger partial charge on any atom is 0.407 e. The molecule has 414 valence electrons. The van der Waals surface area contributed by atoms with E-state index in [1.807, 2.05) is 0 Å². The fraction of sp³-hybridized carbons (Fsp3) is 0.592. The van der Waals surface area contributed by atoms with Crippen LogP contribution in [0.15, 0.2) is 63.3 Å². The van der Waals surface area contributed by atoms with Gasteiger partial charge >= 0.3 is 60.2 Å². The van der Waals surface area contributed by atoms with E-state index in [0.29, 0.717) is 90.4 Å². The molecule has 7 amide bonds. The van der Waals surface area contributed by atoms with Crippen molar-refractivity contribution in [3.05, 3.63) is 63.3 Å². The predicted octanol–water partition coefficient (Wildman–Crippen LogP) is 4.57. The normalized spacial score (nSPS) is 12.4. The number of hydrogen-bond acceptors (Lipinski definition) is 19. The van der Waals surface area contributed by atoms with Gasteiger partial charge in [-0.1, -0.05) is 71.4 Å². The van der Waals surface area contributed by atoms with Gasteiger partial charge < -0.3 is 68.4 Å². The molecule has 0 atom stereocenters. The molecule has 1 fully saturated rings. The Kier molecular flexibility index (Phi) is 35.0. The summed E-state index contributed by atoms with van der Waals surface area (Å²) in [7, 11) is 0. The molecule has 25 heteroatoms. The van der Waals surface area contributed by atoms with Crippen molar-refractivity contribution in [3.8, 4) is 0 Å². The van der Waals surface area contributed by atoms with Crippen molar-refractivity contribution in [2.75, 3.05) is 106 Å². The first-order valence-corrected chi connectivity index (χ1v) is 24.2. The number of nitrogens with zero attached hydrogens (tertiary/aromatic N) is 3. The summed E-state index contributed by atoms with van der Waals surface area (Å²) in [6, 6.07) is -1.00. The minimum absolute atomic E-state index is 0.0458. The van der Waals surface area contributed by atoms with Crippen LogP contribution in [0.4, 0.5) is 24.0 Å². The summed E-state index contributed by atoms with van der Waals surface area (Å²) < 4.78 is 46.1. The van der Waals surface area contributed by atoms with Crippen LogP contribution in [0.3, 0.4) is 0 Å². The maximum atomic E-state index is 13.9. The third-order valence-corrected chi connectivity index (χ3v) is 10.3. The van der Waals surface area contributed by atoms with Gasteiger partial charge in [-0.25, -0.2) is 52.8 Å². The Balaban J connectivity index is 2.77. The molecule has 0 saturated carbocycles. The number of carbonyl (C=O) groups excluding carboxylic acids is 10. The van der Waals surface area contributed by atoms with Crippen molar-refractivity contribution in [2.24, 2.45) is 5.41 Å². The number of rotatable bonds is 40. The zero-order valence-corrected chi connectivity index (χ0v) is 42.3. The molecule has 1 saturated heterocycles. The molecule has 3 N–H and O–H groups in total. The van der Waals surface area contributed by atoms with Crippen molar-refractivity contribution >= 4 is 60.2 Å². The van der Waals surface area contributed by atoms with Gasteiger partial charge in [-0.15, -0.1) is 0 Å². The SMILES string of the molecule is C=CC(=O)OCCOC(=O)NCCCCCCN1COCN(CCCCCCNC(=O)OCCOC(=O)C=C)C(=O)N(CCCCCCNC(=O)OCC(COC(=O)C=C)(COC(=O)C=C)COC(=O)C=C)C1=O. The van der Waals surface area contributed by atoms with Crippen molar-refractivity contribution < 1.29 is 90.6 Å². The van der Waals surface area contributed by atoms with Crippen molar-refractivity contribution in [2.45, 2.75) is 77.0 Å². The minimum atomic E-state index is -1.50. The predicted molar refractivity (Wildman–Crippen MR) is 263 cm³/mol. The molecule has 0 radical (unpaired) electrons. The Morgan fingerprint density at radius 1 is 0.419 bits per heavy atom. The topological polar surface area (TPSA) is 300 Å². The van der Waals surface area contributed by atoms with Crippen molar-refractivity contribution in [1.82, 2.24) is 30.7 Å². The van der Waals surface area contributed by atoms with E-state index < -0.39 is 92.0 Å². The Labute approximate surface area is 431 Å². The van der Waals surface area contributed by atoms with Gasteiger partial charge in [-0.2, -0.15) is 0 Å². The summed E-state index contributed by atoms with van der Waals surface area (Å²) in [5.74, 6) is -3.71. The summed E-state index contributed by atoms with van der Waals surface area (Å²) in [6.45, 7) is 15.8. The Morgan fingerprint density at radius 2 is 0.716 bits per heavy atom. The Morgan fingerprint density at radius 3 is 1.08 bits per heavy atom. The number of ether oxygens (including phenoxy) is 9. The van der Waals surface area contributed by atoms with E-state index in [-0.39, 0.29) is 53.0 Å². The molecule has 74 heavy (non-hydrogen) atoms. The van der Waals surface area contributed by atoms with Crippen LogP contribution < -0.4 is 16.0 Å². The highest BCUT2D eigenvalue weighted by Crippen LogP contribution is 2.22. The molecule has 0 aliphatic carbocycles. The smallest absolute Gasteiger partial charge is 0.407 e. The number of unbranched alkanes of at least 4 members (excludes halogenated alkanes) is 9. The number of imide groups is 1. The fourth-order valence-corrected chi connectivity index (χ4v) is 6.33. The first kappa shape index (κ1) is 64.6. The van der Waals surface area contributed by atoms with Gasteiger partial charge in [0.05, 0.1) is 0 Å². The molecule has 0 aromatic carbocycles. The van der Waals surface area contributed by atoms with Crippen LogP contribution in [0.5, 0.6) is 0 Å². The van der Waals surface area contributed by atoms with Crippen molar-refractivity contribution in [3.63, 3.8) is 0 Å². The first-order valence-electron chi connectivity index (χ1n) is 24.2. The molecule has 0 aromatic heterocycles. The van der Waals surface area contributed by atoms with Gasteiger partial charge in [-0.3, -0.25) is 0 Å². The second kappa shape index (κ2) is 40.1. The number of urea groups is 2. The fourth-order valence-electron chi connectivity index (χ4n) is 6.33. The van der Waals surface area contributed by atoms with Gasteiger partial charge in [0.2, 0.25) is 0 Å². The number of hydrogen-bond donors (Lipinski definition) is 3. The maximum absolute atomic E-state index is 13.9. The molecule has 0 spiro atoms. The zero-order chi connectivity index (χ0) is 54.8. The third kappa shape index (κ3) is 30.4. The van der Waals surface area contributed by atoms with Crippen LogP contribution >= 0.6 is 0 Å². The molecule has 1 aliphatic rings. The molecular formula is C49H74N6O19. The van der Waals surface area contributed by atoms with E-state index in [0.717, 1.165) is 43.2 Å². The lowest BCUT2D eigenvalue weighted by atomic mass is 9.92. The van der Waals surface area contributed by atoms with Gasteiger partial charge in [-0.05, 0) is 38.5 Å². The average molecular weight is 1050 g/mol. The summed E-state index contributed by atoms with van der Waals surface area (Å²) in [5, 5.41) is 7.86. The van der Waals surface area contributed by atoms with Crippen LogP contribution in [-0.4, -0.2) is 180 Å². The van der Waals surface area contributed by atoms with Crippen LogP contribution in [0.1, 0.15) is 77.0 Å². The molecule has 1 heterocycles. The molecule has 1 rings (SSSR count). The van der Waals surface area contributed by atoms with E-state index in [2.05, 4.69) is 48.8 Å². The van der Waals surface area contributed by atoms with E-state index in [1.54, 1.807) is 0 Å². The molecule has 0 aromatic rings. The lowest BCUT2D eigenvalue weighted by molar-refractivity contribution is -0.159. The number of carbonyl (C=O) groups is 10. The Bertz CT molecular complexity index is 1730. The number of nitrogens with one attached hydrogen (secondary N) is 3. The summed E-state index contributed by atoms with van der Waals surface area (Å²) in [5.41, 5.74) is -1.50. The summed E-state index contributed by atoms with van der Waals surface area (Å²) >= 11 is 0. The van der Waals surface area contributed by atoms with Crippen LogP contribution in [-0.2, 0) is 66.6 Å². The van der Waals surface area contributed by atoms with E-state index >= 15 is 0 Å². The molecular weight excluding hydrogens is 977 g/mol. The third-order valence-electron chi connectivity index (χ3n) is 10.3. The highest BCUT2D eigenvalue weighted by atomic mass is 16.6. The highest BCUT2D eigenvalue weighted by molar-refractivity contribution is 5.93. The Hall–Kier alpha value is -7.44. The summed E-state index contributed by atoms with van der Waals surface area (Å²) in [6.07, 6.45) is 10.1. The standard InChI is InChI=1S/C49H74N6O19/c1-6-39(56)67-29-31-69-44(61)50-23-17-11-14-20-26-53-37-66-38-54(27-21-15-12-18-24-51-45(62)70-32-30-68-40(57)7-2)48(65)55(47(53)64)28-22-16-13-19-25-52-46(63)74-36-49(33-71-41(58)8-3,34-72-42(59)9-4)35-73-43(60)10-5/h6-10H,1-5,11-38H2,(H,50,61)(H,51,62)(H,52,63). The molecule has 1 aliphatic heterocycles. The lowest BCUT2D eigenvalue weighted by Crippen LogP contribution is -2.55. The monoisotopic (exact) mass is 1050 g/mol. The van der Waals surface area contributed by atoms with Crippen LogP contribution in [0.25, 0.3) is 0 Å². The van der Waals surface area contributed by atoms with E-state index in [1.165, 1.54) is 14.7 Å². The molecule has 25 nitrogen and oxygen atoms in total. The molecule has 0 unspecified atom stereocenters. The highest BCUT2D eigenvalue weighted by Gasteiger charge is 2.38. The number of alkyl carbamates (subject to hydrolysis) is 3. The first-order chi connectivity index (χ1) is 35.6. The minimum Gasteiger partial charge on any atom is -0.462 e. The quantitative estimate of drug-likeness (QED) is 0.0328. The van der Waals surface area contributed by atoms with Crippen LogP contribution in [0, 0.1) is 5.41 Å². The second-order valence-corrected chi connectivity index (χ2v) is 16.3. The average Bonchev–Trinajstić information content (AvgIpc) is 3.40. The second-order valence-electron chi connectivity index (χ2n) is 16.3. The van der Waals surface area contributed by atoms with E-state index in [4.69, 9.17) is 42.6 Å². The van der Waals surface area contributed by atoms with Gasteiger partial charge in [0, 0.05) is 69.6 Å². The summed E-state index contributed by atoms with van der Waals surface area (Å²) in [4.78, 5) is 126. The van der Waals surface area contributed by atoms with Crippen molar-refractivity contribution in [1.29, 1.82) is 0 Å². The van der Waals surface area contributed by atoms with Gasteiger partial charge in [0.15, 0.2) is 0 Å². The number of esters is 5. The number of amides is 7. The van der Waals surface area contributed by atoms with Gasteiger partial charge in [0.25, 0.3) is 0 Å². The zero-order valence-electron chi connectivity index (χ0n) is 42.3.